The Labute approximate surface area is 88.2 Å². The molecule has 2 unspecified atom stereocenters. The SMILES string of the molecule is Cc1nnc(Cl)n1C(C)C1CCCO1. The van der Waals surface area contributed by atoms with Gasteiger partial charge >= 0.3 is 0 Å². The minimum atomic E-state index is 0.222. The topological polar surface area (TPSA) is 39.9 Å². The highest BCUT2D eigenvalue weighted by molar-refractivity contribution is 6.28. The lowest BCUT2D eigenvalue weighted by molar-refractivity contribution is 0.0726. The largest absolute Gasteiger partial charge is 0.376 e. The maximum atomic E-state index is 5.95. The summed E-state index contributed by atoms with van der Waals surface area (Å²) < 4.78 is 7.54. The van der Waals surface area contributed by atoms with Crippen molar-refractivity contribution < 1.29 is 4.74 Å². The lowest BCUT2D eigenvalue weighted by atomic mass is 10.1. The molecule has 0 amide bonds. The molecule has 4 nitrogen and oxygen atoms in total. The van der Waals surface area contributed by atoms with Crippen molar-refractivity contribution >= 4 is 11.6 Å². The zero-order chi connectivity index (χ0) is 10.1. The maximum absolute atomic E-state index is 5.95. The van der Waals surface area contributed by atoms with E-state index in [9.17, 15) is 0 Å². The summed E-state index contributed by atoms with van der Waals surface area (Å²) in [4.78, 5) is 0. The molecule has 0 bridgehead atoms. The Morgan fingerprint density at radius 2 is 2.36 bits per heavy atom. The van der Waals surface area contributed by atoms with Crippen molar-refractivity contribution in [2.75, 3.05) is 6.61 Å². The fourth-order valence-corrected chi connectivity index (χ4v) is 2.27. The smallest absolute Gasteiger partial charge is 0.225 e. The van der Waals surface area contributed by atoms with Gasteiger partial charge in [0.1, 0.15) is 5.82 Å². The van der Waals surface area contributed by atoms with E-state index < -0.39 is 0 Å². The first kappa shape index (κ1) is 9.93. The maximum Gasteiger partial charge on any atom is 0.225 e. The van der Waals surface area contributed by atoms with Gasteiger partial charge in [0.05, 0.1) is 12.1 Å². The van der Waals surface area contributed by atoms with Crippen molar-refractivity contribution in [3.63, 3.8) is 0 Å². The van der Waals surface area contributed by atoms with Gasteiger partial charge in [0.2, 0.25) is 5.28 Å². The molecule has 5 heteroatoms. The average molecular weight is 216 g/mol. The predicted octanol–water partition coefficient (Wildman–Crippen LogP) is 1.98. The van der Waals surface area contributed by atoms with Crippen LogP contribution >= 0.6 is 11.6 Å². The van der Waals surface area contributed by atoms with Gasteiger partial charge in [-0.15, -0.1) is 10.2 Å². The van der Waals surface area contributed by atoms with Gasteiger partial charge in [0, 0.05) is 6.61 Å². The third-order valence-corrected chi connectivity index (χ3v) is 2.99. The molecule has 1 fully saturated rings. The monoisotopic (exact) mass is 215 g/mol. The van der Waals surface area contributed by atoms with Crippen LogP contribution in [0.3, 0.4) is 0 Å². The van der Waals surface area contributed by atoms with E-state index >= 15 is 0 Å². The van der Waals surface area contributed by atoms with Crippen LogP contribution in [0, 0.1) is 6.92 Å². The summed E-state index contributed by atoms with van der Waals surface area (Å²) in [5.74, 6) is 0.845. The zero-order valence-electron chi connectivity index (χ0n) is 8.40. The van der Waals surface area contributed by atoms with E-state index in [1.165, 1.54) is 0 Å². The summed E-state index contributed by atoms with van der Waals surface area (Å²) in [6.07, 6.45) is 2.48. The van der Waals surface area contributed by atoms with Crippen molar-refractivity contribution in [2.45, 2.75) is 38.8 Å². The van der Waals surface area contributed by atoms with E-state index in [1.807, 2.05) is 11.5 Å². The summed E-state index contributed by atoms with van der Waals surface area (Å²) in [5.41, 5.74) is 0. The average Bonchev–Trinajstić information content (AvgIpc) is 2.75. The number of nitrogens with zero attached hydrogens (tertiary/aromatic N) is 3. The van der Waals surface area contributed by atoms with Gasteiger partial charge in [-0.05, 0) is 38.3 Å². The second-order valence-electron chi connectivity index (χ2n) is 3.68. The molecule has 1 aromatic heterocycles. The fraction of sp³-hybridized carbons (Fsp3) is 0.778. The molecule has 0 aromatic carbocycles. The van der Waals surface area contributed by atoms with Gasteiger partial charge in [0.15, 0.2) is 0 Å². The number of rotatable bonds is 2. The number of hydrogen-bond acceptors (Lipinski definition) is 3. The predicted molar refractivity (Wildman–Crippen MR) is 53.5 cm³/mol. The van der Waals surface area contributed by atoms with Crippen LogP contribution in [0.4, 0.5) is 0 Å². The molecule has 78 valence electrons. The van der Waals surface area contributed by atoms with Crippen LogP contribution in [0.1, 0.15) is 31.6 Å². The quantitative estimate of drug-likeness (QED) is 0.758. The molecule has 1 aromatic rings. The Balaban J connectivity index is 2.21. The van der Waals surface area contributed by atoms with Gasteiger partial charge < -0.3 is 4.74 Å². The molecule has 2 heterocycles. The molecule has 1 aliphatic rings. The summed E-state index contributed by atoms with van der Waals surface area (Å²) in [6, 6.07) is 0.222. The molecule has 14 heavy (non-hydrogen) atoms. The first-order chi connectivity index (χ1) is 6.70. The Bertz CT molecular complexity index is 300. The molecule has 0 spiro atoms. The van der Waals surface area contributed by atoms with Gasteiger partial charge in [-0.1, -0.05) is 0 Å². The number of hydrogen-bond donors (Lipinski definition) is 0. The zero-order valence-corrected chi connectivity index (χ0v) is 9.16. The molecule has 0 N–H and O–H groups in total. The number of aromatic nitrogens is 3. The Hall–Kier alpha value is -0.610. The van der Waals surface area contributed by atoms with Crippen molar-refractivity contribution in [1.82, 2.24) is 14.8 Å². The third-order valence-electron chi connectivity index (χ3n) is 2.73. The van der Waals surface area contributed by atoms with Crippen LogP contribution in [0.5, 0.6) is 0 Å². The molecule has 0 radical (unpaired) electrons. The van der Waals surface area contributed by atoms with E-state index in [0.717, 1.165) is 25.3 Å². The van der Waals surface area contributed by atoms with Gasteiger partial charge in [-0.25, -0.2) is 0 Å². The minimum absolute atomic E-state index is 0.222. The molecule has 0 saturated carbocycles. The van der Waals surface area contributed by atoms with E-state index in [-0.39, 0.29) is 12.1 Å². The van der Waals surface area contributed by atoms with Crippen LogP contribution < -0.4 is 0 Å². The van der Waals surface area contributed by atoms with Crippen molar-refractivity contribution in [3.8, 4) is 0 Å². The van der Waals surface area contributed by atoms with Crippen LogP contribution in [0.15, 0.2) is 0 Å². The highest BCUT2D eigenvalue weighted by Gasteiger charge is 2.26. The van der Waals surface area contributed by atoms with Crippen molar-refractivity contribution in [3.05, 3.63) is 11.1 Å². The molecule has 1 aliphatic heterocycles. The number of aryl methyl sites for hydroxylation is 1. The molecule has 2 atom stereocenters. The standard InChI is InChI=1S/C9H14ClN3O/c1-6(8-4-3-5-14-8)13-7(2)11-12-9(13)10/h6,8H,3-5H2,1-2H3. The highest BCUT2D eigenvalue weighted by Crippen LogP contribution is 2.26. The van der Waals surface area contributed by atoms with E-state index in [4.69, 9.17) is 16.3 Å². The first-order valence-electron chi connectivity index (χ1n) is 4.88. The molecule has 0 aliphatic carbocycles. The summed E-state index contributed by atoms with van der Waals surface area (Å²) >= 11 is 5.95. The Kier molecular flexibility index (Phi) is 2.74. The van der Waals surface area contributed by atoms with E-state index in [2.05, 4.69) is 17.1 Å². The van der Waals surface area contributed by atoms with E-state index in [1.54, 1.807) is 0 Å². The molecule has 2 rings (SSSR count). The summed E-state index contributed by atoms with van der Waals surface area (Å²) in [7, 11) is 0. The lowest BCUT2D eigenvalue weighted by Crippen LogP contribution is -2.21. The molecule has 1 saturated heterocycles. The van der Waals surface area contributed by atoms with Gasteiger partial charge in [0.25, 0.3) is 0 Å². The third kappa shape index (κ3) is 1.64. The first-order valence-corrected chi connectivity index (χ1v) is 5.26. The van der Waals surface area contributed by atoms with Crippen LogP contribution in [0.2, 0.25) is 5.28 Å². The van der Waals surface area contributed by atoms with E-state index in [0.29, 0.717) is 5.28 Å². The number of ether oxygens (including phenoxy) is 1. The second-order valence-corrected chi connectivity index (χ2v) is 4.02. The Morgan fingerprint density at radius 3 is 2.86 bits per heavy atom. The van der Waals surface area contributed by atoms with Crippen LogP contribution in [-0.4, -0.2) is 27.5 Å². The van der Waals surface area contributed by atoms with Gasteiger partial charge in [-0.2, -0.15) is 0 Å². The Morgan fingerprint density at radius 1 is 1.57 bits per heavy atom. The number of halogens is 1. The van der Waals surface area contributed by atoms with Crippen molar-refractivity contribution in [2.24, 2.45) is 0 Å². The normalized spacial score (nSPS) is 24.1. The van der Waals surface area contributed by atoms with Crippen molar-refractivity contribution in [1.29, 1.82) is 0 Å². The summed E-state index contributed by atoms with van der Waals surface area (Å²) in [6.45, 7) is 4.86. The lowest BCUT2D eigenvalue weighted by Gasteiger charge is -2.21. The molecular formula is C9H14ClN3O. The highest BCUT2D eigenvalue weighted by atomic mass is 35.5. The molecular weight excluding hydrogens is 202 g/mol. The minimum Gasteiger partial charge on any atom is -0.376 e. The van der Waals surface area contributed by atoms with Gasteiger partial charge in [-0.3, -0.25) is 4.57 Å². The fourth-order valence-electron chi connectivity index (χ4n) is 1.96. The van der Waals surface area contributed by atoms with Crippen LogP contribution in [-0.2, 0) is 4.74 Å². The second kappa shape index (κ2) is 3.87. The summed E-state index contributed by atoms with van der Waals surface area (Å²) in [5, 5.41) is 8.22. The van der Waals surface area contributed by atoms with Crippen LogP contribution in [0.25, 0.3) is 0 Å².